The summed E-state index contributed by atoms with van der Waals surface area (Å²) in [4.78, 5) is 17.6. The first-order valence-corrected chi connectivity index (χ1v) is 11.8. The summed E-state index contributed by atoms with van der Waals surface area (Å²) in [5, 5.41) is 11.3. The zero-order valence-corrected chi connectivity index (χ0v) is 20.5. The molecule has 6 nitrogen and oxygen atoms in total. The van der Waals surface area contributed by atoms with Crippen molar-refractivity contribution in [2.24, 2.45) is 4.99 Å². The molecule has 1 aliphatic rings. The van der Waals surface area contributed by atoms with Crippen LogP contribution in [0, 0.1) is 0 Å². The van der Waals surface area contributed by atoms with E-state index in [1.165, 1.54) is 11.8 Å². The highest BCUT2D eigenvalue weighted by atomic mass is 79.9. The highest BCUT2D eigenvalue weighted by Gasteiger charge is 2.33. The van der Waals surface area contributed by atoms with Crippen LogP contribution >= 0.6 is 27.7 Å². The van der Waals surface area contributed by atoms with Crippen molar-refractivity contribution in [3.05, 3.63) is 68.7 Å². The molecule has 0 radical (unpaired) electrons. The highest BCUT2D eigenvalue weighted by Crippen LogP contribution is 2.42. The number of hydrogen-bond acceptors (Lipinski definition) is 7. The number of thioether (sulfide) groups is 1. The van der Waals surface area contributed by atoms with E-state index in [1.807, 2.05) is 56.3 Å². The summed E-state index contributed by atoms with van der Waals surface area (Å²) >= 11 is 4.74. The van der Waals surface area contributed by atoms with Gasteiger partial charge in [-0.3, -0.25) is 0 Å². The second-order valence-electron chi connectivity index (χ2n) is 6.50. The van der Waals surface area contributed by atoms with Gasteiger partial charge in [-0.15, -0.1) is 0 Å². The third-order valence-electron chi connectivity index (χ3n) is 4.28. The quantitative estimate of drug-likeness (QED) is 0.406. The number of esters is 1. The first-order valence-electron chi connectivity index (χ1n) is 10.2. The molecule has 32 heavy (non-hydrogen) atoms. The fraction of sp³-hybridized carbons (Fsp3) is 0.250. The molecule has 0 saturated heterocycles. The fourth-order valence-electron chi connectivity index (χ4n) is 2.98. The average molecular weight is 518 g/mol. The van der Waals surface area contributed by atoms with Gasteiger partial charge < -0.3 is 19.3 Å². The lowest BCUT2D eigenvalue weighted by Gasteiger charge is -2.13. The number of aliphatic imine (C=N–C) groups is 1. The third-order valence-corrected chi connectivity index (χ3v) is 5.88. The van der Waals surface area contributed by atoms with E-state index in [-0.39, 0.29) is 17.9 Å². The van der Waals surface area contributed by atoms with Crippen LogP contribution in [0.3, 0.4) is 0 Å². The molecule has 0 aromatic heterocycles. The van der Waals surface area contributed by atoms with Crippen molar-refractivity contribution in [1.29, 1.82) is 0 Å². The van der Waals surface area contributed by atoms with Gasteiger partial charge >= 0.3 is 5.97 Å². The topological polar surface area (TPSA) is 77.4 Å². The van der Waals surface area contributed by atoms with Gasteiger partial charge in [0.25, 0.3) is 0 Å². The Balaban J connectivity index is 2.05. The van der Waals surface area contributed by atoms with Crippen molar-refractivity contribution in [2.45, 2.75) is 20.8 Å². The second kappa shape index (κ2) is 11.2. The van der Waals surface area contributed by atoms with E-state index >= 15 is 0 Å². The summed E-state index contributed by atoms with van der Waals surface area (Å²) < 4.78 is 17.3. The maximum atomic E-state index is 12.6. The minimum atomic E-state index is -0.613. The Morgan fingerprint density at radius 3 is 2.47 bits per heavy atom. The number of carbonyl (C=O) groups excluding carboxylic acids is 1. The normalized spacial score (nSPS) is 16.0. The van der Waals surface area contributed by atoms with E-state index in [0.29, 0.717) is 40.3 Å². The van der Waals surface area contributed by atoms with E-state index < -0.39 is 5.97 Å². The Labute approximate surface area is 200 Å². The highest BCUT2D eigenvalue weighted by molar-refractivity contribution is 9.10. The third kappa shape index (κ3) is 5.55. The Morgan fingerprint density at radius 1 is 1.09 bits per heavy atom. The summed E-state index contributed by atoms with van der Waals surface area (Å²) in [5.41, 5.74) is 1.50. The van der Waals surface area contributed by atoms with Crippen LogP contribution in [0.25, 0.3) is 6.08 Å². The average Bonchev–Trinajstić information content (AvgIpc) is 3.06. The molecule has 0 fully saturated rings. The van der Waals surface area contributed by atoms with Crippen LogP contribution < -0.4 is 9.47 Å². The number of para-hydroxylation sites is 1. The van der Waals surface area contributed by atoms with Crippen molar-refractivity contribution in [3.63, 3.8) is 0 Å². The second-order valence-corrected chi connectivity index (χ2v) is 8.39. The van der Waals surface area contributed by atoms with Crippen LogP contribution in [0.5, 0.6) is 11.5 Å². The van der Waals surface area contributed by atoms with Gasteiger partial charge in [-0.1, -0.05) is 30.0 Å². The molecule has 2 aromatic carbocycles. The van der Waals surface area contributed by atoms with E-state index in [4.69, 9.17) is 14.2 Å². The summed E-state index contributed by atoms with van der Waals surface area (Å²) in [6.07, 6.45) is 1.77. The number of ether oxygens (including phenoxy) is 3. The van der Waals surface area contributed by atoms with E-state index in [0.717, 1.165) is 10.0 Å². The summed E-state index contributed by atoms with van der Waals surface area (Å²) in [7, 11) is 0. The number of carbonyl (C=O) groups is 1. The molecule has 1 aliphatic heterocycles. The molecule has 1 N–H and O–H groups in total. The SMILES string of the molecule is CCOC(=O)C1=C(O)/C(=C/c2cc(Br)c(OCC)c(OCC)c2)SC1=Nc1ccccc1. The number of rotatable bonds is 8. The number of nitrogens with zero attached hydrogens (tertiary/aromatic N) is 1. The minimum absolute atomic E-state index is 0.0574. The molecule has 0 bridgehead atoms. The first-order chi connectivity index (χ1) is 15.5. The molecular formula is C24H24BrNO5S. The van der Waals surface area contributed by atoms with Crippen molar-refractivity contribution in [3.8, 4) is 11.5 Å². The zero-order chi connectivity index (χ0) is 23.1. The van der Waals surface area contributed by atoms with E-state index in [9.17, 15) is 9.90 Å². The van der Waals surface area contributed by atoms with Gasteiger partial charge in [0.05, 0.1) is 34.9 Å². The Morgan fingerprint density at radius 2 is 1.81 bits per heavy atom. The van der Waals surface area contributed by atoms with Crippen LogP contribution in [0.15, 0.2) is 68.2 Å². The molecule has 0 atom stereocenters. The number of benzene rings is 2. The molecular weight excluding hydrogens is 494 g/mol. The lowest BCUT2D eigenvalue weighted by molar-refractivity contribution is -0.138. The largest absolute Gasteiger partial charge is 0.506 e. The van der Waals surface area contributed by atoms with Gasteiger partial charge in [-0.2, -0.15) is 0 Å². The number of aliphatic hydroxyl groups excluding tert-OH is 1. The monoisotopic (exact) mass is 517 g/mol. The molecule has 0 saturated carbocycles. The maximum absolute atomic E-state index is 12.6. The van der Waals surface area contributed by atoms with Gasteiger partial charge in [-0.05, 0) is 72.6 Å². The molecule has 168 valence electrons. The van der Waals surface area contributed by atoms with Gasteiger partial charge in [0.15, 0.2) is 11.5 Å². The summed E-state index contributed by atoms with van der Waals surface area (Å²) in [6, 6.07) is 12.9. The Bertz CT molecular complexity index is 1080. The smallest absolute Gasteiger partial charge is 0.344 e. The van der Waals surface area contributed by atoms with Crippen molar-refractivity contribution in [1.82, 2.24) is 0 Å². The summed E-state index contributed by atoms with van der Waals surface area (Å²) in [6.45, 7) is 6.69. The molecule has 2 aromatic rings. The standard InChI is InChI=1S/C24H24BrNO5S/c1-4-29-18-13-15(12-17(25)22(18)30-5-2)14-19-21(27)20(24(28)31-6-3)23(32-19)26-16-10-8-7-9-11-16/h7-14,27H,4-6H2,1-3H3/b19-14-,26-23?. The van der Waals surface area contributed by atoms with Crippen molar-refractivity contribution < 1.29 is 24.1 Å². The molecule has 8 heteroatoms. The van der Waals surface area contributed by atoms with Crippen molar-refractivity contribution in [2.75, 3.05) is 19.8 Å². The minimum Gasteiger partial charge on any atom is -0.506 e. The van der Waals surface area contributed by atoms with Crippen LogP contribution in [0.2, 0.25) is 0 Å². The van der Waals surface area contributed by atoms with Gasteiger partial charge in [0.2, 0.25) is 0 Å². The molecule has 0 unspecified atom stereocenters. The van der Waals surface area contributed by atoms with Gasteiger partial charge in [0, 0.05) is 0 Å². The fourth-order valence-corrected chi connectivity index (χ4v) is 4.59. The van der Waals surface area contributed by atoms with Crippen LogP contribution in [-0.4, -0.2) is 35.9 Å². The van der Waals surface area contributed by atoms with Gasteiger partial charge in [-0.25, -0.2) is 9.79 Å². The van der Waals surface area contributed by atoms with E-state index in [2.05, 4.69) is 20.9 Å². The lowest BCUT2D eigenvalue weighted by atomic mass is 10.1. The zero-order valence-electron chi connectivity index (χ0n) is 18.1. The van der Waals surface area contributed by atoms with Crippen LogP contribution in [-0.2, 0) is 9.53 Å². The predicted octanol–water partition coefficient (Wildman–Crippen LogP) is 6.44. The molecule has 3 rings (SSSR count). The Hall–Kier alpha value is -2.71. The molecule has 1 heterocycles. The van der Waals surface area contributed by atoms with Gasteiger partial charge in [0.1, 0.15) is 16.4 Å². The molecule has 0 aliphatic carbocycles. The molecule has 0 spiro atoms. The van der Waals surface area contributed by atoms with Crippen molar-refractivity contribution >= 4 is 50.5 Å². The maximum Gasteiger partial charge on any atom is 0.344 e. The van der Waals surface area contributed by atoms with Crippen LogP contribution in [0.1, 0.15) is 26.3 Å². The van der Waals surface area contributed by atoms with E-state index in [1.54, 1.807) is 13.0 Å². The number of halogens is 1. The number of hydrogen-bond donors (Lipinski definition) is 1. The predicted molar refractivity (Wildman–Crippen MR) is 132 cm³/mol. The lowest BCUT2D eigenvalue weighted by Crippen LogP contribution is -2.12. The first kappa shape index (κ1) is 23.9. The Kier molecular flexibility index (Phi) is 8.41. The van der Waals surface area contributed by atoms with Crippen LogP contribution in [0.4, 0.5) is 5.69 Å². The summed E-state index contributed by atoms with van der Waals surface area (Å²) in [5.74, 6) is 0.435. The molecule has 0 amide bonds. The number of aliphatic hydroxyl groups is 1.